The SMILES string of the molecule is CCOC(=O)C1=C(CN2CCCCC2)N(CC)C(=O)N[C@@H]1c1ccccc1. The average molecular weight is 371 g/mol. The molecule has 146 valence electrons. The number of esters is 1. The lowest BCUT2D eigenvalue weighted by molar-refractivity contribution is -0.139. The van der Waals surface area contributed by atoms with Gasteiger partial charge < -0.3 is 10.1 Å². The normalized spacial score (nSPS) is 21.2. The minimum Gasteiger partial charge on any atom is -0.463 e. The Labute approximate surface area is 161 Å². The second kappa shape index (κ2) is 9.04. The molecule has 0 saturated carbocycles. The zero-order valence-electron chi connectivity index (χ0n) is 16.2. The summed E-state index contributed by atoms with van der Waals surface area (Å²) < 4.78 is 5.39. The van der Waals surface area contributed by atoms with Crippen LogP contribution >= 0.6 is 0 Å². The Morgan fingerprint density at radius 3 is 2.48 bits per heavy atom. The van der Waals surface area contributed by atoms with Crippen LogP contribution in [0.15, 0.2) is 41.6 Å². The fraction of sp³-hybridized carbons (Fsp3) is 0.524. The molecule has 1 saturated heterocycles. The Morgan fingerprint density at radius 2 is 1.85 bits per heavy atom. The fourth-order valence-corrected chi connectivity index (χ4v) is 3.88. The molecule has 2 amide bonds. The minimum atomic E-state index is -0.486. The molecular formula is C21H29N3O3. The number of ether oxygens (including phenoxy) is 1. The highest BCUT2D eigenvalue weighted by Gasteiger charge is 2.38. The van der Waals surface area contributed by atoms with Gasteiger partial charge in [-0.3, -0.25) is 9.80 Å². The van der Waals surface area contributed by atoms with E-state index in [1.807, 2.05) is 37.3 Å². The third-order valence-corrected chi connectivity index (χ3v) is 5.20. The van der Waals surface area contributed by atoms with Crippen molar-refractivity contribution in [3.63, 3.8) is 0 Å². The third kappa shape index (κ3) is 4.33. The Balaban J connectivity index is 2.05. The number of hydrogen-bond acceptors (Lipinski definition) is 4. The number of amides is 2. The summed E-state index contributed by atoms with van der Waals surface area (Å²) >= 11 is 0. The van der Waals surface area contributed by atoms with Crippen molar-refractivity contribution in [3.8, 4) is 0 Å². The number of rotatable bonds is 6. The van der Waals surface area contributed by atoms with Crippen LogP contribution in [0.2, 0.25) is 0 Å². The van der Waals surface area contributed by atoms with Crippen LogP contribution in [-0.2, 0) is 9.53 Å². The van der Waals surface area contributed by atoms with Crippen molar-refractivity contribution in [3.05, 3.63) is 47.2 Å². The Morgan fingerprint density at radius 1 is 1.15 bits per heavy atom. The van der Waals surface area contributed by atoms with Gasteiger partial charge >= 0.3 is 12.0 Å². The minimum absolute atomic E-state index is 0.161. The molecule has 0 radical (unpaired) electrons. The van der Waals surface area contributed by atoms with Gasteiger partial charge in [-0.1, -0.05) is 36.8 Å². The lowest BCUT2D eigenvalue weighted by Crippen LogP contribution is -2.51. The summed E-state index contributed by atoms with van der Waals surface area (Å²) in [6.45, 7) is 7.14. The molecule has 1 aromatic carbocycles. The third-order valence-electron chi connectivity index (χ3n) is 5.20. The molecule has 0 aliphatic carbocycles. The van der Waals surface area contributed by atoms with Crippen molar-refractivity contribution in [2.45, 2.75) is 39.2 Å². The topological polar surface area (TPSA) is 61.9 Å². The number of urea groups is 1. The summed E-state index contributed by atoms with van der Waals surface area (Å²) in [5.41, 5.74) is 2.21. The number of likely N-dealkylation sites (tertiary alicyclic amines) is 1. The summed E-state index contributed by atoms with van der Waals surface area (Å²) in [4.78, 5) is 29.7. The molecule has 2 aliphatic rings. The van der Waals surface area contributed by atoms with Gasteiger partial charge in [-0.2, -0.15) is 0 Å². The number of piperidine rings is 1. The summed E-state index contributed by atoms with van der Waals surface area (Å²) in [6, 6.07) is 8.98. The maximum atomic E-state index is 12.9. The highest BCUT2D eigenvalue weighted by atomic mass is 16.5. The van der Waals surface area contributed by atoms with Crippen molar-refractivity contribution in [2.75, 3.05) is 32.8 Å². The predicted molar refractivity (Wildman–Crippen MR) is 104 cm³/mol. The first-order valence-corrected chi connectivity index (χ1v) is 9.91. The first-order valence-electron chi connectivity index (χ1n) is 9.91. The molecule has 0 bridgehead atoms. The Kier molecular flexibility index (Phi) is 6.50. The van der Waals surface area contributed by atoms with E-state index in [4.69, 9.17) is 4.74 Å². The number of benzene rings is 1. The summed E-state index contributed by atoms with van der Waals surface area (Å²) in [6.07, 6.45) is 3.55. The van der Waals surface area contributed by atoms with E-state index in [1.54, 1.807) is 11.8 Å². The number of hydrogen-bond donors (Lipinski definition) is 1. The molecule has 3 rings (SSSR count). The zero-order valence-corrected chi connectivity index (χ0v) is 16.2. The van der Waals surface area contributed by atoms with E-state index in [0.717, 1.165) is 37.2 Å². The molecule has 0 unspecified atom stereocenters. The maximum Gasteiger partial charge on any atom is 0.338 e. The first kappa shape index (κ1) is 19.4. The van der Waals surface area contributed by atoms with Crippen molar-refractivity contribution in [1.29, 1.82) is 0 Å². The van der Waals surface area contributed by atoms with E-state index in [9.17, 15) is 9.59 Å². The smallest absolute Gasteiger partial charge is 0.338 e. The van der Waals surface area contributed by atoms with Gasteiger partial charge in [-0.05, 0) is 45.3 Å². The van der Waals surface area contributed by atoms with Crippen LogP contribution in [-0.4, -0.2) is 54.6 Å². The summed E-state index contributed by atoms with van der Waals surface area (Å²) in [7, 11) is 0. The van der Waals surface area contributed by atoms with Crippen molar-refractivity contribution < 1.29 is 14.3 Å². The zero-order chi connectivity index (χ0) is 19.2. The average Bonchev–Trinajstić information content (AvgIpc) is 2.69. The van der Waals surface area contributed by atoms with Crippen LogP contribution in [0.3, 0.4) is 0 Å². The molecule has 1 fully saturated rings. The molecule has 1 N–H and O–H groups in total. The van der Waals surface area contributed by atoms with E-state index >= 15 is 0 Å². The van der Waals surface area contributed by atoms with Crippen LogP contribution in [0.5, 0.6) is 0 Å². The number of nitrogens with zero attached hydrogens (tertiary/aromatic N) is 2. The largest absolute Gasteiger partial charge is 0.463 e. The van der Waals surface area contributed by atoms with Crippen LogP contribution < -0.4 is 5.32 Å². The molecule has 0 spiro atoms. The van der Waals surface area contributed by atoms with Gasteiger partial charge in [0.05, 0.1) is 18.2 Å². The number of likely N-dealkylation sites (N-methyl/N-ethyl adjacent to an activating group) is 1. The predicted octanol–water partition coefficient (Wildman–Crippen LogP) is 3.08. The van der Waals surface area contributed by atoms with Gasteiger partial charge in [0.2, 0.25) is 0 Å². The van der Waals surface area contributed by atoms with Gasteiger partial charge in [-0.15, -0.1) is 0 Å². The standard InChI is InChI=1S/C21H29N3O3/c1-3-24-17(15-23-13-9-6-10-14-23)18(20(25)27-4-2)19(22-21(24)26)16-11-7-5-8-12-16/h5,7-8,11-12,19H,3-4,6,9-10,13-15H2,1-2H3,(H,22,26)/t19-/m1/s1. The molecule has 6 nitrogen and oxygen atoms in total. The Bertz CT molecular complexity index is 696. The van der Waals surface area contributed by atoms with Gasteiger partial charge in [-0.25, -0.2) is 9.59 Å². The van der Waals surface area contributed by atoms with Crippen molar-refractivity contribution >= 4 is 12.0 Å². The van der Waals surface area contributed by atoms with Crippen LogP contribution in [0.4, 0.5) is 4.79 Å². The first-order chi connectivity index (χ1) is 13.2. The molecule has 2 heterocycles. The monoisotopic (exact) mass is 371 g/mol. The number of nitrogens with one attached hydrogen (secondary N) is 1. The maximum absolute atomic E-state index is 12.9. The van der Waals surface area contributed by atoms with Gasteiger partial charge in [0.25, 0.3) is 0 Å². The second-order valence-electron chi connectivity index (χ2n) is 6.96. The van der Waals surface area contributed by atoms with E-state index < -0.39 is 6.04 Å². The van der Waals surface area contributed by atoms with Crippen LogP contribution in [0.1, 0.15) is 44.7 Å². The highest BCUT2D eigenvalue weighted by molar-refractivity contribution is 5.95. The molecular weight excluding hydrogens is 342 g/mol. The lowest BCUT2D eigenvalue weighted by Gasteiger charge is -2.38. The molecule has 2 aliphatic heterocycles. The van der Waals surface area contributed by atoms with Crippen molar-refractivity contribution in [2.24, 2.45) is 0 Å². The quantitative estimate of drug-likeness (QED) is 0.781. The van der Waals surface area contributed by atoms with E-state index in [1.165, 1.54) is 6.42 Å². The van der Waals surface area contributed by atoms with Crippen LogP contribution in [0.25, 0.3) is 0 Å². The Hall–Kier alpha value is -2.34. The number of carbonyl (C=O) groups excluding carboxylic acids is 2. The van der Waals surface area contributed by atoms with E-state index in [0.29, 0.717) is 25.3 Å². The van der Waals surface area contributed by atoms with Crippen LogP contribution in [0, 0.1) is 0 Å². The summed E-state index contributed by atoms with van der Waals surface area (Å²) in [5.74, 6) is -0.350. The molecule has 27 heavy (non-hydrogen) atoms. The molecule has 0 aromatic heterocycles. The molecule has 1 atom stereocenters. The summed E-state index contributed by atoms with van der Waals surface area (Å²) in [5, 5.41) is 3.00. The van der Waals surface area contributed by atoms with E-state index in [2.05, 4.69) is 10.2 Å². The van der Waals surface area contributed by atoms with Gasteiger partial charge in [0.15, 0.2) is 0 Å². The van der Waals surface area contributed by atoms with E-state index in [-0.39, 0.29) is 12.0 Å². The van der Waals surface area contributed by atoms with Crippen molar-refractivity contribution in [1.82, 2.24) is 15.1 Å². The highest BCUT2D eigenvalue weighted by Crippen LogP contribution is 2.32. The molecule has 6 heteroatoms. The second-order valence-corrected chi connectivity index (χ2v) is 6.96. The lowest BCUT2D eigenvalue weighted by atomic mass is 9.94. The number of carbonyl (C=O) groups is 2. The molecule has 1 aromatic rings. The van der Waals surface area contributed by atoms with Gasteiger partial charge in [0.1, 0.15) is 0 Å². The van der Waals surface area contributed by atoms with Gasteiger partial charge in [0, 0.05) is 18.8 Å². The fourth-order valence-electron chi connectivity index (χ4n) is 3.88.